The Bertz CT molecular complexity index is 440. The van der Waals surface area contributed by atoms with Gasteiger partial charge in [0.25, 0.3) is 0 Å². The minimum atomic E-state index is -0.977. The number of hydrogen-bond acceptors (Lipinski definition) is 2. The molecule has 2 N–H and O–H groups in total. The van der Waals surface area contributed by atoms with Crippen molar-refractivity contribution in [3.63, 3.8) is 0 Å². The smallest absolute Gasteiger partial charge is 0.0909 e. The molecular weight excluding hydrogens is 283 g/mol. The molecule has 1 aliphatic rings. The third-order valence-corrected chi connectivity index (χ3v) is 4.78. The molecular formula is C15H20Cl2O2. The van der Waals surface area contributed by atoms with E-state index in [1.165, 1.54) is 0 Å². The largest absolute Gasteiger partial charge is 0.390 e. The predicted molar refractivity (Wildman–Crippen MR) is 78.8 cm³/mol. The van der Waals surface area contributed by atoms with Gasteiger partial charge in [-0.15, -0.1) is 0 Å². The molecule has 1 atom stereocenters. The fourth-order valence-electron chi connectivity index (χ4n) is 2.68. The first-order chi connectivity index (χ1) is 8.90. The van der Waals surface area contributed by atoms with Crippen LogP contribution in [0.2, 0.25) is 10.0 Å². The second kappa shape index (κ2) is 6.01. The third kappa shape index (κ3) is 3.63. The Balaban J connectivity index is 2.06. The van der Waals surface area contributed by atoms with Gasteiger partial charge in [0, 0.05) is 16.5 Å². The van der Waals surface area contributed by atoms with E-state index in [9.17, 15) is 10.2 Å². The topological polar surface area (TPSA) is 40.5 Å². The van der Waals surface area contributed by atoms with Crippen LogP contribution in [0.1, 0.15) is 38.2 Å². The number of halogens is 2. The second-order valence-corrected chi connectivity index (χ2v) is 6.59. The monoisotopic (exact) mass is 302 g/mol. The van der Waals surface area contributed by atoms with Gasteiger partial charge in [-0.25, -0.2) is 0 Å². The molecule has 1 aromatic carbocycles. The highest BCUT2D eigenvalue weighted by atomic mass is 35.5. The second-order valence-electron chi connectivity index (χ2n) is 5.74. The lowest BCUT2D eigenvalue weighted by atomic mass is 9.75. The molecule has 106 valence electrons. The van der Waals surface area contributed by atoms with Crippen LogP contribution in [0.15, 0.2) is 18.2 Å². The van der Waals surface area contributed by atoms with E-state index in [0.717, 1.165) is 18.4 Å². The molecule has 1 saturated carbocycles. The molecule has 0 aliphatic heterocycles. The van der Waals surface area contributed by atoms with Crippen LogP contribution in [-0.2, 0) is 6.42 Å². The summed E-state index contributed by atoms with van der Waals surface area (Å²) in [5, 5.41) is 22.0. The van der Waals surface area contributed by atoms with Crippen molar-refractivity contribution in [2.75, 3.05) is 0 Å². The number of hydrogen-bond donors (Lipinski definition) is 2. The number of benzene rings is 1. The van der Waals surface area contributed by atoms with Crippen LogP contribution in [0.4, 0.5) is 0 Å². The van der Waals surface area contributed by atoms with Gasteiger partial charge in [0.2, 0.25) is 0 Å². The van der Waals surface area contributed by atoms with Crippen molar-refractivity contribution in [3.8, 4) is 0 Å². The van der Waals surface area contributed by atoms with E-state index in [0.29, 0.717) is 35.2 Å². The molecule has 1 aromatic rings. The van der Waals surface area contributed by atoms with Crippen molar-refractivity contribution >= 4 is 23.2 Å². The molecule has 19 heavy (non-hydrogen) atoms. The standard InChI is InChI=1S/C15H20Cl2O2/c1-10-4-6-15(19,7-5-10)14(18)8-11-2-3-12(16)9-13(11)17/h2-3,9-10,14,18-19H,4-8H2,1H3. The average Bonchev–Trinajstić information content (AvgIpc) is 2.36. The number of rotatable bonds is 3. The highest BCUT2D eigenvalue weighted by Crippen LogP contribution is 2.36. The third-order valence-electron chi connectivity index (χ3n) is 4.19. The summed E-state index contributed by atoms with van der Waals surface area (Å²) in [4.78, 5) is 0. The molecule has 2 nitrogen and oxygen atoms in total. The summed E-state index contributed by atoms with van der Waals surface area (Å²) in [6.45, 7) is 2.18. The van der Waals surface area contributed by atoms with E-state index >= 15 is 0 Å². The summed E-state index contributed by atoms with van der Waals surface area (Å²) in [5.74, 6) is 0.631. The van der Waals surface area contributed by atoms with Crippen LogP contribution in [0, 0.1) is 5.92 Å². The fraction of sp³-hybridized carbons (Fsp3) is 0.600. The van der Waals surface area contributed by atoms with E-state index in [2.05, 4.69) is 6.92 Å². The molecule has 0 bridgehead atoms. The van der Waals surface area contributed by atoms with Crippen molar-refractivity contribution in [1.82, 2.24) is 0 Å². The Morgan fingerprint density at radius 3 is 2.53 bits per heavy atom. The van der Waals surface area contributed by atoms with E-state index in [1.54, 1.807) is 12.1 Å². The normalized spacial score (nSPS) is 29.2. The average molecular weight is 303 g/mol. The Labute approximate surface area is 124 Å². The minimum Gasteiger partial charge on any atom is -0.390 e. The maximum atomic E-state index is 10.5. The molecule has 4 heteroatoms. The van der Waals surface area contributed by atoms with Gasteiger partial charge >= 0.3 is 0 Å². The molecule has 1 fully saturated rings. The van der Waals surface area contributed by atoms with E-state index in [1.807, 2.05) is 6.07 Å². The Morgan fingerprint density at radius 1 is 1.32 bits per heavy atom. The maximum Gasteiger partial charge on any atom is 0.0909 e. The van der Waals surface area contributed by atoms with Crippen LogP contribution in [-0.4, -0.2) is 21.9 Å². The van der Waals surface area contributed by atoms with Crippen LogP contribution in [0.25, 0.3) is 0 Å². The number of aliphatic hydroxyl groups excluding tert-OH is 1. The van der Waals surface area contributed by atoms with Crippen molar-refractivity contribution in [2.24, 2.45) is 5.92 Å². The summed E-state index contributed by atoms with van der Waals surface area (Å²) in [6, 6.07) is 5.23. The van der Waals surface area contributed by atoms with Crippen molar-refractivity contribution in [3.05, 3.63) is 33.8 Å². The molecule has 0 amide bonds. The van der Waals surface area contributed by atoms with Gasteiger partial charge in [0.05, 0.1) is 11.7 Å². The van der Waals surface area contributed by atoms with Gasteiger partial charge < -0.3 is 10.2 Å². The van der Waals surface area contributed by atoms with Crippen LogP contribution in [0.3, 0.4) is 0 Å². The molecule has 1 unspecified atom stereocenters. The van der Waals surface area contributed by atoms with E-state index < -0.39 is 11.7 Å². The predicted octanol–water partition coefficient (Wildman–Crippen LogP) is 3.84. The quantitative estimate of drug-likeness (QED) is 0.890. The van der Waals surface area contributed by atoms with Gasteiger partial charge in [0.1, 0.15) is 0 Å². The number of aliphatic hydroxyl groups is 2. The van der Waals surface area contributed by atoms with Gasteiger partial charge in [0.15, 0.2) is 0 Å². The molecule has 1 aliphatic carbocycles. The first-order valence-electron chi connectivity index (χ1n) is 6.75. The molecule has 2 rings (SSSR count). The van der Waals surface area contributed by atoms with Crippen LogP contribution in [0.5, 0.6) is 0 Å². The van der Waals surface area contributed by atoms with Crippen molar-refractivity contribution in [1.29, 1.82) is 0 Å². The Hall–Kier alpha value is -0.280. The Kier molecular flexibility index (Phi) is 4.78. The van der Waals surface area contributed by atoms with Crippen molar-refractivity contribution in [2.45, 2.75) is 50.7 Å². The summed E-state index contributed by atoms with van der Waals surface area (Å²) in [7, 11) is 0. The molecule has 0 spiro atoms. The highest BCUT2D eigenvalue weighted by Gasteiger charge is 2.38. The lowest BCUT2D eigenvalue weighted by Crippen LogP contribution is -2.46. The fourth-order valence-corrected chi connectivity index (χ4v) is 3.17. The minimum absolute atomic E-state index is 0.362. The van der Waals surface area contributed by atoms with E-state index in [-0.39, 0.29) is 0 Å². The van der Waals surface area contributed by atoms with Crippen LogP contribution >= 0.6 is 23.2 Å². The van der Waals surface area contributed by atoms with E-state index in [4.69, 9.17) is 23.2 Å². The zero-order valence-electron chi connectivity index (χ0n) is 11.1. The first-order valence-corrected chi connectivity index (χ1v) is 7.51. The molecule has 0 aromatic heterocycles. The Morgan fingerprint density at radius 2 is 1.95 bits per heavy atom. The SMILES string of the molecule is CC1CCC(O)(C(O)Cc2ccc(Cl)cc2Cl)CC1. The summed E-state index contributed by atoms with van der Waals surface area (Å²) in [5.41, 5.74) is -0.152. The summed E-state index contributed by atoms with van der Waals surface area (Å²) in [6.07, 6.45) is 2.81. The van der Waals surface area contributed by atoms with Gasteiger partial charge in [-0.2, -0.15) is 0 Å². The maximum absolute atomic E-state index is 10.5. The van der Waals surface area contributed by atoms with Crippen LogP contribution < -0.4 is 0 Å². The highest BCUT2D eigenvalue weighted by molar-refractivity contribution is 6.35. The molecule has 0 saturated heterocycles. The van der Waals surface area contributed by atoms with Gasteiger partial charge in [-0.1, -0.05) is 36.2 Å². The summed E-state index contributed by atoms with van der Waals surface area (Å²) < 4.78 is 0. The van der Waals surface area contributed by atoms with Gasteiger partial charge in [-0.05, 0) is 49.3 Å². The molecule has 0 heterocycles. The van der Waals surface area contributed by atoms with Gasteiger partial charge in [-0.3, -0.25) is 0 Å². The molecule has 0 radical (unpaired) electrons. The summed E-state index contributed by atoms with van der Waals surface area (Å²) >= 11 is 12.0. The van der Waals surface area contributed by atoms with Crippen molar-refractivity contribution < 1.29 is 10.2 Å². The lowest BCUT2D eigenvalue weighted by molar-refractivity contribution is -0.102. The zero-order chi connectivity index (χ0) is 14.0. The zero-order valence-corrected chi connectivity index (χ0v) is 12.6. The lowest BCUT2D eigenvalue weighted by Gasteiger charge is -2.38. The first kappa shape index (κ1) is 15.1.